The Labute approximate surface area is 98.4 Å². The lowest BCUT2D eigenvalue weighted by atomic mass is 10.0. The van der Waals surface area contributed by atoms with E-state index in [1.807, 2.05) is 0 Å². The summed E-state index contributed by atoms with van der Waals surface area (Å²) < 4.78 is 13.8. The first-order valence-electron chi connectivity index (χ1n) is 4.35. The molecular formula is C10H14BrClFN. The van der Waals surface area contributed by atoms with Gasteiger partial charge in [0.1, 0.15) is 5.82 Å². The standard InChI is InChI=1S/C10H13BrFN.ClH/c1-2-3-10(13)8-6-7(12)4-5-9(8)11;/h4-6,10H,2-3,13H2,1H3;1H/t10-;/m0./s1. The third-order valence-corrected chi connectivity index (χ3v) is 2.68. The highest BCUT2D eigenvalue weighted by atomic mass is 79.9. The zero-order valence-corrected chi connectivity index (χ0v) is 10.4. The molecule has 0 amide bonds. The van der Waals surface area contributed by atoms with E-state index in [1.165, 1.54) is 12.1 Å². The molecule has 1 aromatic carbocycles. The summed E-state index contributed by atoms with van der Waals surface area (Å²) >= 11 is 3.35. The molecule has 1 aromatic rings. The molecule has 80 valence electrons. The molecule has 0 fully saturated rings. The minimum absolute atomic E-state index is 0. The van der Waals surface area contributed by atoms with Crippen LogP contribution in [0.5, 0.6) is 0 Å². The topological polar surface area (TPSA) is 26.0 Å². The molecule has 0 aromatic heterocycles. The molecule has 1 atom stereocenters. The van der Waals surface area contributed by atoms with E-state index >= 15 is 0 Å². The SMILES string of the molecule is CCC[C@H](N)c1cc(F)ccc1Br.Cl. The van der Waals surface area contributed by atoms with Gasteiger partial charge in [-0.15, -0.1) is 12.4 Å². The molecule has 0 heterocycles. The van der Waals surface area contributed by atoms with Crippen molar-refractivity contribution >= 4 is 28.3 Å². The predicted octanol–water partition coefficient (Wildman–Crippen LogP) is 3.81. The molecule has 0 spiro atoms. The molecule has 0 radical (unpaired) electrons. The van der Waals surface area contributed by atoms with Gasteiger partial charge in [0.2, 0.25) is 0 Å². The molecule has 4 heteroatoms. The van der Waals surface area contributed by atoms with Gasteiger partial charge in [-0.05, 0) is 30.2 Å². The number of hydrogen-bond donors (Lipinski definition) is 1. The van der Waals surface area contributed by atoms with Gasteiger partial charge in [0.25, 0.3) is 0 Å². The third-order valence-electron chi connectivity index (χ3n) is 1.96. The maximum atomic E-state index is 12.9. The van der Waals surface area contributed by atoms with Crippen LogP contribution in [-0.4, -0.2) is 0 Å². The van der Waals surface area contributed by atoms with Crippen molar-refractivity contribution in [2.24, 2.45) is 5.73 Å². The molecule has 1 rings (SSSR count). The molecule has 1 nitrogen and oxygen atoms in total. The van der Waals surface area contributed by atoms with E-state index in [9.17, 15) is 4.39 Å². The summed E-state index contributed by atoms with van der Waals surface area (Å²) in [5.41, 5.74) is 6.73. The van der Waals surface area contributed by atoms with Crippen LogP contribution in [0.4, 0.5) is 4.39 Å². The first-order valence-corrected chi connectivity index (χ1v) is 5.15. The molecule has 0 saturated heterocycles. The van der Waals surface area contributed by atoms with Crippen LogP contribution in [0.15, 0.2) is 22.7 Å². The van der Waals surface area contributed by atoms with E-state index < -0.39 is 0 Å². The lowest BCUT2D eigenvalue weighted by Gasteiger charge is -2.12. The van der Waals surface area contributed by atoms with E-state index in [-0.39, 0.29) is 24.3 Å². The van der Waals surface area contributed by atoms with E-state index in [1.54, 1.807) is 6.07 Å². The fraction of sp³-hybridized carbons (Fsp3) is 0.400. The van der Waals surface area contributed by atoms with Crippen LogP contribution in [0.25, 0.3) is 0 Å². The van der Waals surface area contributed by atoms with Gasteiger partial charge < -0.3 is 5.73 Å². The summed E-state index contributed by atoms with van der Waals surface area (Å²) in [7, 11) is 0. The van der Waals surface area contributed by atoms with Crippen molar-refractivity contribution in [1.29, 1.82) is 0 Å². The Morgan fingerprint density at radius 2 is 2.14 bits per heavy atom. The average molecular weight is 283 g/mol. The third kappa shape index (κ3) is 3.56. The second-order valence-electron chi connectivity index (χ2n) is 3.06. The lowest BCUT2D eigenvalue weighted by molar-refractivity contribution is 0.603. The van der Waals surface area contributed by atoms with Crippen molar-refractivity contribution in [1.82, 2.24) is 0 Å². The molecule has 2 N–H and O–H groups in total. The normalized spacial score (nSPS) is 12.0. The Hall–Kier alpha value is -0.120. The van der Waals surface area contributed by atoms with E-state index in [4.69, 9.17) is 5.73 Å². The zero-order chi connectivity index (χ0) is 9.84. The van der Waals surface area contributed by atoms with Gasteiger partial charge in [-0.2, -0.15) is 0 Å². The minimum Gasteiger partial charge on any atom is -0.324 e. The summed E-state index contributed by atoms with van der Waals surface area (Å²) in [5, 5.41) is 0. The largest absolute Gasteiger partial charge is 0.324 e. The summed E-state index contributed by atoms with van der Waals surface area (Å²) in [6.07, 6.45) is 1.88. The number of nitrogens with two attached hydrogens (primary N) is 1. The van der Waals surface area contributed by atoms with Crippen molar-refractivity contribution in [2.75, 3.05) is 0 Å². The van der Waals surface area contributed by atoms with Gasteiger partial charge in [-0.1, -0.05) is 29.3 Å². The molecule has 0 aliphatic rings. The second kappa shape index (κ2) is 6.38. The first kappa shape index (κ1) is 13.9. The number of benzene rings is 1. The monoisotopic (exact) mass is 281 g/mol. The van der Waals surface area contributed by atoms with Crippen LogP contribution < -0.4 is 5.73 Å². The van der Waals surface area contributed by atoms with Crippen LogP contribution in [0.2, 0.25) is 0 Å². The molecular weight excluding hydrogens is 268 g/mol. The van der Waals surface area contributed by atoms with Gasteiger partial charge in [-0.3, -0.25) is 0 Å². The van der Waals surface area contributed by atoms with Crippen LogP contribution in [0.1, 0.15) is 31.4 Å². The Kier molecular flexibility index (Phi) is 6.33. The van der Waals surface area contributed by atoms with E-state index in [0.717, 1.165) is 22.9 Å². The molecule has 0 aliphatic carbocycles. The smallest absolute Gasteiger partial charge is 0.123 e. The molecule has 14 heavy (non-hydrogen) atoms. The van der Waals surface area contributed by atoms with Crippen LogP contribution in [-0.2, 0) is 0 Å². The Balaban J connectivity index is 0.00000169. The zero-order valence-electron chi connectivity index (χ0n) is 7.97. The fourth-order valence-electron chi connectivity index (χ4n) is 1.27. The summed E-state index contributed by atoms with van der Waals surface area (Å²) in [6.45, 7) is 2.06. The van der Waals surface area contributed by atoms with Crippen LogP contribution in [0, 0.1) is 5.82 Å². The van der Waals surface area contributed by atoms with E-state index in [0.29, 0.717) is 0 Å². The predicted molar refractivity (Wildman–Crippen MR) is 63.2 cm³/mol. The number of halogens is 3. The van der Waals surface area contributed by atoms with Gasteiger partial charge in [0, 0.05) is 10.5 Å². The Bertz CT molecular complexity index is 293. The number of rotatable bonds is 3. The van der Waals surface area contributed by atoms with Crippen molar-refractivity contribution in [2.45, 2.75) is 25.8 Å². The number of hydrogen-bond acceptors (Lipinski definition) is 1. The quantitative estimate of drug-likeness (QED) is 0.896. The second-order valence-corrected chi connectivity index (χ2v) is 3.92. The van der Waals surface area contributed by atoms with Crippen molar-refractivity contribution in [3.63, 3.8) is 0 Å². The Morgan fingerprint density at radius 1 is 1.50 bits per heavy atom. The van der Waals surface area contributed by atoms with Gasteiger partial charge >= 0.3 is 0 Å². The van der Waals surface area contributed by atoms with E-state index in [2.05, 4.69) is 22.9 Å². The summed E-state index contributed by atoms with van der Waals surface area (Å²) in [4.78, 5) is 0. The first-order chi connectivity index (χ1) is 6.15. The minimum atomic E-state index is -0.232. The fourth-order valence-corrected chi connectivity index (χ4v) is 1.81. The highest BCUT2D eigenvalue weighted by molar-refractivity contribution is 9.10. The molecule has 0 unspecified atom stereocenters. The maximum Gasteiger partial charge on any atom is 0.123 e. The van der Waals surface area contributed by atoms with Crippen molar-refractivity contribution in [3.8, 4) is 0 Å². The van der Waals surface area contributed by atoms with Crippen molar-refractivity contribution < 1.29 is 4.39 Å². The molecule has 0 bridgehead atoms. The van der Waals surface area contributed by atoms with Crippen LogP contribution in [0.3, 0.4) is 0 Å². The highest BCUT2D eigenvalue weighted by Gasteiger charge is 2.09. The maximum absolute atomic E-state index is 12.9. The Morgan fingerprint density at radius 3 is 2.71 bits per heavy atom. The summed E-state index contributed by atoms with van der Waals surface area (Å²) in [5.74, 6) is -0.232. The van der Waals surface area contributed by atoms with Gasteiger partial charge in [-0.25, -0.2) is 4.39 Å². The van der Waals surface area contributed by atoms with Crippen molar-refractivity contribution in [3.05, 3.63) is 34.1 Å². The highest BCUT2D eigenvalue weighted by Crippen LogP contribution is 2.25. The van der Waals surface area contributed by atoms with Gasteiger partial charge in [0.05, 0.1) is 0 Å². The molecule has 0 saturated carbocycles. The average Bonchev–Trinajstić information content (AvgIpc) is 2.09. The summed E-state index contributed by atoms with van der Waals surface area (Å²) in [6, 6.07) is 4.53. The lowest BCUT2D eigenvalue weighted by Crippen LogP contribution is -2.10. The van der Waals surface area contributed by atoms with Gasteiger partial charge in [0.15, 0.2) is 0 Å². The van der Waals surface area contributed by atoms with Crippen LogP contribution >= 0.6 is 28.3 Å². The molecule has 0 aliphatic heterocycles.